The van der Waals surface area contributed by atoms with Crippen molar-refractivity contribution in [2.75, 3.05) is 20.2 Å². The Bertz CT molecular complexity index is 572. The number of carbonyl (C=O) groups is 2. The predicted molar refractivity (Wildman–Crippen MR) is 79.8 cm³/mol. The molecule has 5 heteroatoms. The van der Waals surface area contributed by atoms with Gasteiger partial charge in [-0.05, 0) is 23.3 Å². The van der Waals surface area contributed by atoms with E-state index in [0.717, 1.165) is 5.56 Å². The first kappa shape index (κ1) is 14.6. The largest absolute Gasteiger partial charge is 0.466 e. The first-order valence-electron chi connectivity index (χ1n) is 7.41. The van der Waals surface area contributed by atoms with E-state index in [1.54, 1.807) is 4.90 Å². The van der Waals surface area contributed by atoms with Crippen LogP contribution in [0.4, 0.5) is 4.79 Å². The molecule has 1 aliphatic heterocycles. The molecule has 3 atom stereocenters. The highest BCUT2D eigenvalue weighted by Crippen LogP contribution is 2.52. The number of piperidine rings is 1. The molecule has 22 heavy (non-hydrogen) atoms. The second-order valence-electron chi connectivity index (χ2n) is 5.73. The van der Waals surface area contributed by atoms with Gasteiger partial charge < -0.3 is 14.4 Å². The maximum absolute atomic E-state index is 12.0. The number of amides is 1. The van der Waals surface area contributed by atoms with Gasteiger partial charge in [0.25, 0.3) is 0 Å². The van der Waals surface area contributed by atoms with Crippen molar-refractivity contribution in [3.05, 3.63) is 48.0 Å². The molecule has 0 spiro atoms. The molecule has 2 aliphatic rings. The van der Waals surface area contributed by atoms with Crippen LogP contribution in [0.25, 0.3) is 0 Å². The Hall–Kier alpha value is -2.30. The van der Waals surface area contributed by atoms with E-state index in [2.05, 4.69) is 4.74 Å². The molecule has 0 N–H and O–H groups in total. The number of ether oxygens (including phenoxy) is 2. The van der Waals surface area contributed by atoms with Gasteiger partial charge >= 0.3 is 12.1 Å². The molecule has 1 aromatic carbocycles. The number of nitrogens with zero attached hydrogens (tertiary/aromatic N) is 1. The Kier molecular flexibility index (Phi) is 4.13. The van der Waals surface area contributed by atoms with Gasteiger partial charge in [-0.3, -0.25) is 0 Å². The zero-order valence-corrected chi connectivity index (χ0v) is 12.5. The Labute approximate surface area is 129 Å². The molecule has 0 aromatic heterocycles. The van der Waals surface area contributed by atoms with Crippen LogP contribution >= 0.6 is 0 Å². The smallest absolute Gasteiger partial charge is 0.410 e. The SMILES string of the molecule is COC(=O)/C=C/[C@@H]1[C@H]2CN(C(=O)OCc3ccccc3)C[C@@H]12. The third-order valence-corrected chi connectivity index (χ3v) is 4.38. The van der Waals surface area contributed by atoms with Crippen molar-refractivity contribution >= 4 is 12.1 Å². The molecule has 5 nitrogen and oxygen atoms in total. The Morgan fingerprint density at radius 1 is 1.23 bits per heavy atom. The Balaban J connectivity index is 1.43. The molecule has 0 bridgehead atoms. The van der Waals surface area contributed by atoms with Gasteiger partial charge in [0.1, 0.15) is 6.61 Å². The number of esters is 1. The number of methoxy groups -OCH3 is 1. The third kappa shape index (κ3) is 3.13. The fraction of sp³-hybridized carbons (Fsp3) is 0.412. The lowest BCUT2D eigenvalue weighted by molar-refractivity contribution is -0.134. The van der Waals surface area contributed by atoms with E-state index in [4.69, 9.17) is 4.74 Å². The number of rotatable bonds is 4. The van der Waals surface area contributed by atoms with Crippen LogP contribution in [0, 0.1) is 17.8 Å². The van der Waals surface area contributed by atoms with Crippen molar-refractivity contribution in [3.8, 4) is 0 Å². The van der Waals surface area contributed by atoms with E-state index in [-0.39, 0.29) is 12.1 Å². The number of fused-ring (bicyclic) bond motifs is 1. The van der Waals surface area contributed by atoms with Crippen LogP contribution in [0.5, 0.6) is 0 Å². The van der Waals surface area contributed by atoms with Gasteiger partial charge in [-0.1, -0.05) is 36.4 Å². The molecule has 1 amide bonds. The lowest BCUT2D eigenvalue weighted by atomic mass is 10.2. The number of hydrogen-bond donors (Lipinski definition) is 0. The minimum Gasteiger partial charge on any atom is -0.466 e. The highest BCUT2D eigenvalue weighted by Gasteiger charge is 2.55. The summed E-state index contributed by atoms with van der Waals surface area (Å²) in [6.45, 7) is 1.71. The second kappa shape index (κ2) is 6.22. The van der Waals surface area contributed by atoms with Crippen LogP contribution in [-0.2, 0) is 20.9 Å². The lowest BCUT2D eigenvalue weighted by Gasteiger charge is -2.18. The number of benzene rings is 1. The lowest BCUT2D eigenvalue weighted by Crippen LogP contribution is -2.31. The van der Waals surface area contributed by atoms with Crippen molar-refractivity contribution in [1.29, 1.82) is 0 Å². The Morgan fingerprint density at radius 2 is 1.91 bits per heavy atom. The van der Waals surface area contributed by atoms with Crippen LogP contribution in [0.1, 0.15) is 5.56 Å². The number of allylic oxidation sites excluding steroid dienone is 1. The molecule has 3 rings (SSSR count). The highest BCUT2D eigenvalue weighted by atomic mass is 16.6. The van der Waals surface area contributed by atoms with Gasteiger partial charge in [-0.2, -0.15) is 0 Å². The first-order valence-corrected chi connectivity index (χ1v) is 7.41. The quantitative estimate of drug-likeness (QED) is 0.632. The van der Waals surface area contributed by atoms with Gasteiger partial charge in [0.05, 0.1) is 7.11 Å². The number of likely N-dealkylation sites (tertiary alicyclic amines) is 1. The summed E-state index contributed by atoms with van der Waals surface area (Å²) >= 11 is 0. The molecular weight excluding hydrogens is 282 g/mol. The van der Waals surface area contributed by atoms with Crippen LogP contribution in [-0.4, -0.2) is 37.2 Å². The minimum absolute atomic E-state index is 0.258. The van der Waals surface area contributed by atoms with E-state index >= 15 is 0 Å². The molecule has 1 saturated carbocycles. The fourth-order valence-electron chi connectivity index (χ4n) is 3.08. The summed E-state index contributed by atoms with van der Waals surface area (Å²) in [6, 6.07) is 9.64. The van der Waals surface area contributed by atoms with Crippen molar-refractivity contribution in [1.82, 2.24) is 4.90 Å². The average molecular weight is 301 g/mol. The summed E-state index contributed by atoms with van der Waals surface area (Å²) in [6.07, 6.45) is 3.11. The third-order valence-electron chi connectivity index (χ3n) is 4.38. The monoisotopic (exact) mass is 301 g/mol. The Morgan fingerprint density at radius 3 is 2.55 bits per heavy atom. The highest BCUT2D eigenvalue weighted by molar-refractivity contribution is 5.81. The molecule has 0 radical (unpaired) electrons. The van der Waals surface area contributed by atoms with Crippen LogP contribution < -0.4 is 0 Å². The predicted octanol–water partition coefficient (Wildman–Crippen LogP) is 2.23. The molecule has 1 heterocycles. The van der Waals surface area contributed by atoms with Gasteiger partial charge in [0.2, 0.25) is 0 Å². The van der Waals surface area contributed by atoms with E-state index in [1.165, 1.54) is 13.2 Å². The van der Waals surface area contributed by atoms with Gasteiger partial charge in [-0.25, -0.2) is 9.59 Å². The molecular formula is C17H19NO4. The summed E-state index contributed by atoms with van der Waals surface area (Å²) in [5.74, 6) is 0.955. The van der Waals surface area contributed by atoms with Gasteiger partial charge in [0, 0.05) is 19.2 Å². The fourth-order valence-corrected chi connectivity index (χ4v) is 3.08. The van der Waals surface area contributed by atoms with E-state index in [0.29, 0.717) is 37.5 Å². The topological polar surface area (TPSA) is 55.8 Å². The van der Waals surface area contributed by atoms with E-state index < -0.39 is 0 Å². The average Bonchev–Trinajstić information content (AvgIpc) is 3.00. The molecule has 1 saturated heterocycles. The first-order chi connectivity index (χ1) is 10.7. The number of hydrogen-bond acceptors (Lipinski definition) is 4. The maximum atomic E-state index is 12.0. The van der Waals surface area contributed by atoms with Crippen LogP contribution in [0.2, 0.25) is 0 Å². The van der Waals surface area contributed by atoms with Crippen molar-refractivity contribution in [2.24, 2.45) is 17.8 Å². The summed E-state index contributed by atoms with van der Waals surface area (Å²) in [5, 5.41) is 0. The number of carbonyl (C=O) groups excluding carboxylic acids is 2. The van der Waals surface area contributed by atoms with E-state index in [1.807, 2.05) is 36.4 Å². The van der Waals surface area contributed by atoms with Crippen molar-refractivity contribution in [2.45, 2.75) is 6.61 Å². The van der Waals surface area contributed by atoms with Crippen molar-refractivity contribution in [3.63, 3.8) is 0 Å². The van der Waals surface area contributed by atoms with Crippen LogP contribution in [0.15, 0.2) is 42.5 Å². The normalized spacial score (nSPS) is 25.9. The zero-order valence-electron chi connectivity index (χ0n) is 12.5. The molecule has 116 valence electrons. The second-order valence-corrected chi connectivity index (χ2v) is 5.73. The standard InChI is InChI=1S/C17H19NO4/c1-21-16(19)8-7-13-14-9-18(10-15(13)14)17(20)22-11-12-5-3-2-4-6-12/h2-8,13-15H,9-11H2,1H3/b8-7+/t13-,14-,15+. The maximum Gasteiger partial charge on any atom is 0.410 e. The van der Waals surface area contributed by atoms with Crippen LogP contribution in [0.3, 0.4) is 0 Å². The van der Waals surface area contributed by atoms with Crippen molar-refractivity contribution < 1.29 is 19.1 Å². The summed E-state index contributed by atoms with van der Waals surface area (Å²) in [5.41, 5.74) is 0.985. The summed E-state index contributed by atoms with van der Waals surface area (Å²) < 4.78 is 9.90. The zero-order chi connectivity index (χ0) is 15.5. The van der Waals surface area contributed by atoms with Gasteiger partial charge in [-0.15, -0.1) is 0 Å². The molecule has 1 aromatic rings. The summed E-state index contributed by atoms with van der Waals surface area (Å²) in [4.78, 5) is 24.8. The molecule has 0 unspecified atom stereocenters. The van der Waals surface area contributed by atoms with E-state index in [9.17, 15) is 9.59 Å². The molecule has 2 fully saturated rings. The summed E-state index contributed by atoms with van der Waals surface area (Å²) in [7, 11) is 1.37. The van der Waals surface area contributed by atoms with Gasteiger partial charge in [0.15, 0.2) is 0 Å². The molecule has 1 aliphatic carbocycles. The minimum atomic E-state index is -0.330.